The van der Waals surface area contributed by atoms with E-state index < -0.39 is 27.1 Å². The normalized spacial score (nSPS) is 16.7. The number of benzene rings is 1. The molecule has 1 aliphatic rings. The van der Waals surface area contributed by atoms with Crippen LogP contribution in [0.15, 0.2) is 41.6 Å². The summed E-state index contributed by atoms with van der Waals surface area (Å²) >= 11 is 0. The third kappa shape index (κ3) is 5.21. The van der Waals surface area contributed by atoms with Gasteiger partial charge in [0.05, 0.1) is 16.5 Å². The predicted octanol–water partition coefficient (Wildman–Crippen LogP) is 1.65. The number of sulfonamides is 1. The molecule has 158 valence electrons. The van der Waals surface area contributed by atoms with Crippen molar-refractivity contribution in [3.05, 3.63) is 46.8 Å². The number of alkyl halides is 3. The van der Waals surface area contributed by atoms with Crippen LogP contribution in [0.25, 0.3) is 0 Å². The molecule has 0 aliphatic carbocycles. The number of halogens is 3. The first kappa shape index (κ1) is 21.0. The van der Waals surface area contributed by atoms with Crippen LogP contribution in [0.5, 0.6) is 5.75 Å². The van der Waals surface area contributed by atoms with Crippen LogP contribution in [0.3, 0.4) is 0 Å². The highest BCUT2D eigenvalue weighted by Gasteiger charge is 2.32. The Hall–Kier alpha value is -2.71. The van der Waals surface area contributed by atoms with Gasteiger partial charge in [-0.1, -0.05) is 0 Å². The summed E-state index contributed by atoms with van der Waals surface area (Å²) in [6.07, 6.45) is -2.44. The summed E-state index contributed by atoms with van der Waals surface area (Å²) in [5.74, 6) is -0.505. The largest absolute Gasteiger partial charge is 0.573 e. The van der Waals surface area contributed by atoms with E-state index in [1.165, 1.54) is 15.2 Å². The number of ether oxygens (including phenoxy) is 1. The summed E-state index contributed by atoms with van der Waals surface area (Å²) in [6.45, 7) is 1.31. The van der Waals surface area contributed by atoms with Gasteiger partial charge in [-0.25, -0.2) is 8.42 Å². The smallest absolute Gasteiger partial charge is 0.406 e. The van der Waals surface area contributed by atoms with Crippen molar-refractivity contribution in [3.63, 3.8) is 0 Å². The maximum absolute atomic E-state index is 12.7. The van der Waals surface area contributed by atoms with Crippen LogP contribution in [0.1, 0.15) is 0 Å². The Morgan fingerprint density at radius 1 is 1.14 bits per heavy atom. The summed E-state index contributed by atoms with van der Waals surface area (Å²) in [5, 5.41) is 14.6. The van der Waals surface area contributed by atoms with Gasteiger partial charge in [-0.05, 0) is 24.3 Å². The summed E-state index contributed by atoms with van der Waals surface area (Å²) in [6, 6.07) is 4.01. The Labute approximate surface area is 163 Å². The second-order valence-electron chi connectivity index (χ2n) is 6.18. The molecule has 3 rings (SSSR count). The van der Waals surface area contributed by atoms with Crippen LogP contribution in [0.4, 0.5) is 18.9 Å². The maximum atomic E-state index is 12.7. The third-order valence-electron chi connectivity index (χ3n) is 4.20. The highest BCUT2D eigenvalue weighted by molar-refractivity contribution is 7.89. The van der Waals surface area contributed by atoms with Crippen LogP contribution < -0.4 is 4.74 Å². The molecule has 1 saturated heterocycles. The molecular formula is C15H16F3N5O5S. The zero-order valence-electron chi connectivity index (χ0n) is 14.8. The Balaban J connectivity index is 1.59. The van der Waals surface area contributed by atoms with Gasteiger partial charge in [0.1, 0.15) is 18.1 Å². The molecule has 0 atom stereocenters. The van der Waals surface area contributed by atoms with E-state index in [9.17, 15) is 31.7 Å². The van der Waals surface area contributed by atoms with Gasteiger partial charge < -0.3 is 4.74 Å². The van der Waals surface area contributed by atoms with Gasteiger partial charge in [-0.2, -0.15) is 9.40 Å². The van der Waals surface area contributed by atoms with Crippen molar-refractivity contribution in [2.24, 2.45) is 0 Å². The molecule has 29 heavy (non-hydrogen) atoms. The van der Waals surface area contributed by atoms with Crippen molar-refractivity contribution in [1.82, 2.24) is 19.0 Å². The van der Waals surface area contributed by atoms with Gasteiger partial charge in [-0.3, -0.25) is 19.7 Å². The number of nitrogens with zero attached hydrogens (tertiary/aromatic N) is 5. The van der Waals surface area contributed by atoms with Gasteiger partial charge in [0.15, 0.2) is 0 Å². The number of nitro groups is 1. The average Bonchev–Trinajstić information content (AvgIpc) is 3.10. The summed E-state index contributed by atoms with van der Waals surface area (Å²) in [7, 11) is -3.87. The Morgan fingerprint density at radius 2 is 1.76 bits per heavy atom. The van der Waals surface area contributed by atoms with Crippen LogP contribution in [-0.4, -0.2) is 64.9 Å². The first-order valence-electron chi connectivity index (χ1n) is 8.30. The van der Waals surface area contributed by atoms with Gasteiger partial charge in [0, 0.05) is 26.2 Å². The fourth-order valence-electron chi connectivity index (χ4n) is 2.80. The number of hydrogen-bond donors (Lipinski definition) is 0. The molecular weight excluding hydrogens is 419 g/mol. The van der Waals surface area contributed by atoms with Crippen LogP contribution in [0, 0.1) is 10.1 Å². The standard InChI is InChI=1S/C15H16F3N5O5S/c16-15(17,18)28-13-1-3-14(4-2-13)29(26,27)22-7-5-20(6-8-22)11-21-10-12(9-19-21)23(24)25/h1-4,9-10H,5-8,11H2. The van der Waals surface area contributed by atoms with E-state index in [4.69, 9.17) is 0 Å². The lowest BCUT2D eigenvalue weighted by atomic mass is 10.3. The van der Waals surface area contributed by atoms with Gasteiger partial charge in [0.2, 0.25) is 10.0 Å². The van der Waals surface area contributed by atoms with Crippen molar-refractivity contribution < 1.29 is 31.2 Å². The lowest BCUT2D eigenvalue weighted by Crippen LogP contribution is -2.48. The molecule has 1 aromatic heterocycles. The first-order chi connectivity index (χ1) is 13.5. The first-order valence-corrected chi connectivity index (χ1v) is 9.74. The highest BCUT2D eigenvalue weighted by atomic mass is 32.2. The molecule has 2 aromatic rings. The number of rotatable bonds is 6. The van der Waals surface area contributed by atoms with Gasteiger partial charge >= 0.3 is 12.0 Å². The molecule has 0 amide bonds. The molecule has 14 heteroatoms. The van der Waals surface area contributed by atoms with Crippen molar-refractivity contribution in [3.8, 4) is 5.75 Å². The summed E-state index contributed by atoms with van der Waals surface area (Å²) in [4.78, 5) is 11.9. The quantitative estimate of drug-likeness (QED) is 0.501. The minimum absolute atomic E-state index is 0.135. The van der Waals surface area contributed by atoms with E-state index in [1.807, 2.05) is 4.90 Å². The fourth-order valence-corrected chi connectivity index (χ4v) is 4.23. The molecule has 0 unspecified atom stereocenters. The van der Waals surface area contributed by atoms with Gasteiger partial charge in [0.25, 0.3) is 0 Å². The fraction of sp³-hybridized carbons (Fsp3) is 0.400. The third-order valence-corrected chi connectivity index (χ3v) is 6.11. The minimum atomic E-state index is -4.86. The van der Waals surface area contributed by atoms with E-state index in [1.54, 1.807) is 0 Å². The Kier molecular flexibility index (Phi) is 5.77. The number of piperazine rings is 1. The van der Waals surface area contributed by atoms with Crippen molar-refractivity contribution in [1.29, 1.82) is 0 Å². The summed E-state index contributed by atoms with van der Waals surface area (Å²) in [5.41, 5.74) is -0.135. The second-order valence-corrected chi connectivity index (χ2v) is 8.12. The molecule has 0 N–H and O–H groups in total. The molecule has 1 aliphatic heterocycles. The van der Waals surface area contributed by atoms with E-state index in [0.717, 1.165) is 30.5 Å². The maximum Gasteiger partial charge on any atom is 0.573 e. The van der Waals surface area contributed by atoms with Crippen LogP contribution in [0.2, 0.25) is 0 Å². The molecule has 0 radical (unpaired) electrons. The van der Waals surface area contributed by atoms with E-state index in [0.29, 0.717) is 13.1 Å². The van der Waals surface area contributed by atoms with E-state index in [-0.39, 0.29) is 30.3 Å². The molecule has 0 saturated carbocycles. The molecule has 1 aromatic carbocycles. The molecule has 2 heterocycles. The predicted molar refractivity (Wildman–Crippen MR) is 92.3 cm³/mol. The molecule has 10 nitrogen and oxygen atoms in total. The number of aromatic nitrogens is 2. The minimum Gasteiger partial charge on any atom is -0.406 e. The van der Waals surface area contributed by atoms with Crippen LogP contribution >= 0.6 is 0 Å². The monoisotopic (exact) mass is 435 g/mol. The molecule has 0 bridgehead atoms. The number of hydrogen-bond acceptors (Lipinski definition) is 7. The molecule has 0 spiro atoms. The SMILES string of the molecule is O=[N+]([O-])c1cnn(CN2CCN(S(=O)(=O)c3ccc(OC(F)(F)F)cc3)CC2)c1. The Bertz CT molecular complexity index is 969. The van der Waals surface area contributed by atoms with Crippen molar-refractivity contribution in [2.45, 2.75) is 17.9 Å². The van der Waals surface area contributed by atoms with E-state index >= 15 is 0 Å². The average molecular weight is 435 g/mol. The Morgan fingerprint density at radius 3 is 2.28 bits per heavy atom. The van der Waals surface area contributed by atoms with E-state index in [2.05, 4.69) is 9.84 Å². The molecule has 1 fully saturated rings. The van der Waals surface area contributed by atoms with Gasteiger partial charge in [-0.15, -0.1) is 13.2 Å². The van der Waals surface area contributed by atoms with Crippen molar-refractivity contribution in [2.75, 3.05) is 26.2 Å². The second kappa shape index (κ2) is 7.96. The topological polar surface area (TPSA) is 111 Å². The van der Waals surface area contributed by atoms with Crippen LogP contribution in [-0.2, 0) is 16.7 Å². The zero-order chi connectivity index (χ0) is 21.2. The zero-order valence-corrected chi connectivity index (χ0v) is 15.6. The highest BCUT2D eigenvalue weighted by Crippen LogP contribution is 2.25. The lowest BCUT2D eigenvalue weighted by molar-refractivity contribution is -0.385. The van der Waals surface area contributed by atoms with Crippen molar-refractivity contribution >= 4 is 15.7 Å². The lowest BCUT2D eigenvalue weighted by Gasteiger charge is -2.33. The summed E-state index contributed by atoms with van der Waals surface area (Å²) < 4.78 is 68.3.